The minimum atomic E-state index is -0.231. The maximum atomic E-state index is 13.7. The molecule has 190 valence electrons. The van der Waals surface area contributed by atoms with E-state index in [-0.39, 0.29) is 17.1 Å². The summed E-state index contributed by atoms with van der Waals surface area (Å²) in [6, 6.07) is 6.74. The lowest BCUT2D eigenvalue weighted by molar-refractivity contribution is -0.105. The molecule has 10 nitrogen and oxygen atoms in total. The van der Waals surface area contributed by atoms with Crippen LogP contribution in [-0.4, -0.2) is 37.1 Å². The number of nitrogens with zero attached hydrogens (tertiary/aromatic N) is 6. The second-order valence-corrected chi connectivity index (χ2v) is 8.56. The van der Waals surface area contributed by atoms with Crippen LogP contribution < -0.4 is 15.5 Å². The number of halogens is 1. The highest BCUT2D eigenvalue weighted by molar-refractivity contribution is 6.32. The zero-order chi connectivity index (χ0) is 26.4. The third-order valence-corrected chi connectivity index (χ3v) is 5.75. The lowest BCUT2D eigenvalue weighted by atomic mass is 10.1. The van der Waals surface area contributed by atoms with E-state index >= 15 is 0 Å². The molecule has 2 aromatic heterocycles. The molecule has 2 N–H and O–H groups in total. The van der Waals surface area contributed by atoms with Gasteiger partial charge in [-0.1, -0.05) is 29.8 Å². The number of benzene rings is 1. The highest BCUT2D eigenvalue weighted by Crippen LogP contribution is 2.37. The minimum absolute atomic E-state index is 0.231. The SMILES string of the molecule is C=CC.Cn1cc(Nc2ncc3c(n2)N(c2ccc(NC=O)cc2)C(=O)N(C2=CCCC=C2)C3)c(Cl)n1. The number of hydrogen-bond acceptors (Lipinski definition) is 6. The van der Waals surface area contributed by atoms with Gasteiger partial charge >= 0.3 is 6.03 Å². The fourth-order valence-electron chi connectivity index (χ4n) is 3.89. The van der Waals surface area contributed by atoms with Crippen LogP contribution in [0.25, 0.3) is 0 Å². The van der Waals surface area contributed by atoms with Gasteiger partial charge in [-0.15, -0.1) is 6.58 Å². The van der Waals surface area contributed by atoms with Crippen molar-refractivity contribution in [1.82, 2.24) is 24.6 Å². The van der Waals surface area contributed by atoms with Gasteiger partial charge in [0.05, 0.1) is 17.9 Å². The summed E-state index contributed by atoms with van der Waals surface area (Å²) in [6.07, 6.45) is 13.7. The Morgan fingerprint density at radius 3 is 2.57 bits per heavy atom. The zero-order valence-corrected chi connectivity index (χ0v) is 21.3. The number of aryl methyl sites for hydroxylation is 1. The van der Waals surface area contributed by atoms with Crippen molar-refractivity contribution in [2.45, 2.75) is 26.3 Å². The van der Waals surface area contributed by atoms with Crippen molar-refractivity contribution in [1.29, 1.82) is 0 Å². The van der Waals surface area contributed by atoms with E-state index in [2.05, 4.69) is 44.4 Å². The molecule has 0 fully saturated rings. The second kappa shape index (κ2) is 11.5. The monoisotopic (exact) mass is 518 g/mol. The summed E-state index contributed by atoms with van der Waals surface area (Å²) in [5, 5.41) is 10.1. The molecule has 0 saturated carbocycles. The fraction of sp³-hybridized carbons (Fsp3) is 0.192. The number of allylic oxidation sites excluding steroid dienone is 4. The molecule has 0 radical (unpaired) electrons. The Morgan fingerprint density at radius 1 is 1.19 bits per heavy atom. The Balaban J connectivity index is 0.00000102. The highest BCUT2D eigenvalue weighted by Gasteiger charge is 2.35. The van der Waals surface area contributed by atoms with Crippen LogP contribution in [-0.2, 0) is 18.4 Å². The number of anilines is 5. The summed E-state index contributed by atoms with van der Waals surface area (Å²) in [5.41, 5.74) is 3.42. The summed E-state index contributed by atoms with van der Waals surface area (Å²) in [5.74, 6) is 0.756. The van der Waals surface area contributed by atoms with Crippen molar-refractivity contribution in [3.05, 3.63) is 84.0 Å². The van der Waals surface area contributed by atoms with E-state index in [4.69, 9.17) is 11.6 Å². The Kier molecular flexibility index (Phi) is 7.99. The molecule has 0 unspecified atom stereocenters. The number of amides is 3. The third-order valence-electron chi connectivity index (χ3n) is 5.47. The molecule has 0 spiro atoms. The van der Waals surface area contributed by atoms with Crippen LogP contribution in [0.15, 0.2) is 73.2 Å². The number of rotatable bonds is 6. The topological polar surface area (TPSA) is 108 Å². The molecule has 3 amide bonds. The molecule has 0 bridgehead atoms. The maximum absolute atomic E-state index is 13.7. The standard InChI is InChI=1S/C23H21ClN8O2.C3H6/c1-30-13-19(20(24)29-30)27-22-25-11-15-12-31(17-5-3-2-4-6-17)23(34)32(21(15)28-22)18-9-7-16(8-10-18)26-14-33;1-3-2/h3,5-11,13-14H,2,4,12H2,1H3,(H,26,33)(H,25,27,28);3H,1H2,2H3. The normalized spacial score (nSPS) is 14.2. The predicted molar refractivity (Wildman–Crippen MR) is 145 cm³/mol. The van der Waals surface area contributed by atoms with Crippen molar-refractivity contribution >= 4 is 52.9 Å². The van der Waals surface area contributed by atoms with Crippen LogP contribution >= 0.6 is 11.6 Å². The lowest BCUT2D eigenvalue weighted by Crippen LogP contribution is -2.44. The Hall–Kier alpha value is -4.44. The second-order valence-electron chi connectivity index (χ2n) is 8.20. The number of aromatic nitrogens is 4. The summed E-state index contributed by atoms with van der Waals surface area (Å²) in [7, 11) is 1.76. The first-order chi connectivity index (χ1) is 17.9. The van der Waals surface area contributed by atoms with Crippen molar-refractivity contribution in [2.24, 2.45) is 7.05 Å². The van der Waals surface area contributed by atoms with E-state index in [1.54, 1.807) is 64.3 Å². The molecule has 1 aliphatic heterocycles. The van der Waals surface area contributed by atoms with E-state index in [0.29, 0.717) is 35.8 Å². The van der Waals surface area contributed by atoms with Crippen LogP contribution in [0.4, 0.5) is 33.6 Å². The number of carbonyl (C=O) groups is 2. The van der Waals surface area contributed by atoms with Crippen molar-refractivity contribution in [2.75, 3.05) is 15.5 Å². The quantitative estimate of drug-likeness (QED) is 0.321. The van der Waals surface area contributed by atoms with E-state index in [1.807, 2.05) is 13.0 Å². The van der Waals surface area contributed by atoms with E-state index in [0.717, 1.165) is 24.1 Å². The van der Waals surface area contributed by atoms with Crippen LogP contribution in [0.2, 0.25) is 5.15 Å². The van der Waals surface area contributed by atoms with E-state index < -0.39 is 0 Å². The number of nitrogens with one attached hydrogen (secondary N) is 2. The number of carbonyl (C=O) groups excluding carboxylic acids is 2. The van der Waals surface area contributed by atoms with Gasteiger partial charge in [-0.2, -0.15) is 10.1 Å². The van der Waals surface area contributed by atoms with Gasteiger partial charge in [-0.3, -0.25) is 14.4 Å². The molecule has 11 heteroatoms. The van der Waals surface area contributed by atoms with Gasteiger partial charge in [0, 0.05) is 36.4 Å². The molecule has 1 aromatic carbocycles. The van der Waals surface area contributed by atoms with E-state index in [1.165, 1.54) is 0 Å². The molecule has 0 atom stereocenters. The molecule has 3 heterocycles. The van der Waals surface area contributed by atoms with E-state index in [9.17, 15) is 9.59 Å². The largest absolute Gasteiger partial charge is 0.335 e. The molecule has 5 rings (SSSR count). The van der Waals surface area contributed by atoms with Gasteiger partial charge in [0.1, 0.15) is 0 Å². The lowest BCUT2D eigenvalue weighted by Gasteiger charge is -2.37. The zero-order valence-electron chi connectivity index (χ0n) is 20.6. The Morgan fingerprint density at radius 2 is 1.95 bits per heavy atom. The molecule has 37 heavy (non-hydrogen) atoms. The molecular formula is C26H27ClN8O2. The number of fused-ring (bicyclic) bond motifs is 1. The van der Waals surface area contributed by atoms with Crippen LogP contribution in [0, 0.1) is 0 Å². The van der Waals surface area contributed by atoms with Gasteiger partial charge in [0.15, 0.2) is 11.0 Å². The van der Waals surface area contributed by atoms with Gasteiger partial charge in [-0.25, -0.2) is 14.7 Å². The van der Waals surface area contributed by atoms with Crippen molar-refractivity contribution < 1.29 is 9.59 Å². The van der Waals surface area contributed by atoms with Crippen molar-refractivity contribution in [3.8, 4) is 0 Å². The molecule has 1 aliphatic carbocycles. The Bertz CT molecular complexity index is 1360. The average molecular weight is 519 g/mol. The maximum Gasteiger partial charge on any atom is 0.335 e. The molecule has 3 aromatic rings. The first kappa shape index (κ1) is 25.6. The molecular weight excluding hydrogens is 492 g/mol. The number of hydrogen-bond donors (Lipinski definition) is 2. The first-order valence-corrected chi connectivity index (χ1v) is 12.0. The Labute approximate surface area is 220 Å². The molecule has 2 aliphatic rings. The molecule has 0 saturated heterocycles. The van der Waals surface area contributed by atoms with Gasteiger partial charge in [0.25, 0.3) is 0 Å². The predicted octanol–water partition coefficient (Wildman–Crippen LogP) is 5.68. The summed E-state index contributed by atoms with van der Waals surface area (Å²) < 4.78 is 1.58. The number of urea groups is 1. The summed E-state index contributed by atoms with van der Waals surface area (Å²) >= 11 is 6.17. The third kappa shape index (κ3) is 5.70. The minimum Gasteiger partial charge on any atom is -0.329 e. The van der Waals surface area contributed by atoms with Crippen LogP contribution in [0.3, 0.4) is 0 Å². The van der Waals surface area contributed by atoms with Gasteiger partial charge in [0.2, 0.25) is 12.4 Å². The highest BCUT2D eigenvalue weighted by atomic mass is 35.5. The van der Waals surface area contributed by atoms with Gasteiger partial charge < -0.3 is 10.6 Å². The van der Waals surface area contributed by atoms with Crippen molar-refractivity contribution in [3.63, 3.8) is 0 Å². The fourth-order valence-corrected chi connectivity index (χ4v) is 4.10. The van der Waals surface area contributed by atoms with Gasteiger partial charge in [-0.05, 0) is 50.1 Å². The average Bonchev–Trinajstić information content (AvgIpc) is 3.21. The van der Waals surface area contributed by atoms with Crippen LogP contribution in [0.1, 0.15) is 25.3 Å². The summed E-state index contributed by atoms with van der Waals surface area (Å²) in [6.45, 7) is 5.60. The smallest absolute Gasteiger partial charge is 0.329 e. The first-order valence-electron chi connectivity index (χ1n) is 11.6. The summed E-state index contributed by atoms with van der Waals surface area (Å²) in [4.78, 5) is 36.8. The van der Waals surface area contributed by atoms with Crippen LogP contribution in [0.5, 0.6) is 0 Å².